The molecule has 1 aliphatic carbocycles. The molecule has 0 aliphatic heterocycles. The normalized spacial score (nSPS) is 17.6. The van der Waals surface area contributed by atoms with E-state index >= 15 is 0 Å². The van der Waals surface area contributed by atoms with Gasteiger partial charge in [-0.25, -0.2) is 8.42 Å². The summed E-state index contributed by atoms with van der Waals surface area (Å²) in [6.45, 7) is -0.0313. The van der Waals surface area contributed by atoms with Crippen LogP contribution < -0.4 is 5.73 Å². The van der Waals surface area contributed by atoms with Crippen molar-refractivity contribution in [1.82, 2.24) is 4.31 Å². The van der Waals surface area contributed by atoms with Crippen molar-refractivity contribution in [3.63, 3.8) is 0 Å². The predicted octanol–water partition coefficient (Wildman–Crippen LogP) is 4.11. The van der Waals surface area contributed by atoms with Crippen molar-refractivity contribution < 1.29 is 26.4 Å². The van der Waals surface area contributed by atoms with Gasteiger partial charge in [0, 0.05) is 18.0 Å². The van der Waals surface area contributed by atoms with E-state index in [1.165, 1.54) is 24.3 Å². The first-order valence-electron chi connectivity index (χ1n) is 9.14. The van der Waals surface area contributed by atoms with Gasteiger partial charge in [0.1, 0.15) is 6.04 Å². The second kappa shape index (κ2) is 9.45. The summed E-state index contributed by atoms with van der Waals surface area (Å²) in [4.78, 5) is 11.8. The Morgan fingerprint density at radius 3 is 2.25 bits per heavy atom. The van der Waals surface area contributed by atoms with Crippen molar-refractivity contribution in [1.29, 1.82) is 0 Å². The highest BCUT2D eigenvalue weighted by molar-refractivity contribution is 7.89. The van der Waals surface area contributed by atoms with Gasteiger partial charge >= 0.3 is 6.18 Å². The average Bonchev–Trinajstić information content (AvgIpc) is 2.61. The van der Waals surface area contributed by atoms with Crippen LogP contribution in [-0.4, -0.2) is 37.4 Å². The van der Waals surface area contributed by atoms with Crippen LogP contribution in [0.5, 0.6) is 0 Å². The van der Waals surface area contributed by atoms with Gasteiger partial charge in [-0.05, 0) is 49.4 Å². The summed E-state index contributed by atoms with van der Waals surface area (Å²) in [6, 6.07) is 3.73. The maximum absolute atomic E-state index is 13.2. The van der Waals surface area contributed by atoms with Crippen LogP contribution in [0.25, 0.3) is 0 Å². The number of alkyl halides is 3. The summed E-state index contributed by atoms with van der Waals surface area (Å²) >= 11 is 5.80. The number of halogens is 4. The van der Waals surface area contributed by atoms with Gasteiger partial charge in [0.25, 0.3) is 0 Å². The molecule has 0 radical (unpaired) electrons. The number of benzene rings is 1. The minimum atomic E-state index is -4.52. The molecule has 1 fully saturated rings. The number of amides is 1. The quantitative estimate of drug-likeness (QED) is 0.660. The molecule has 0 spiro atoms. The number of primary amides is 1. The van der Waals surface area contributed by atoms with Crippen LogP contribution in [0.1, 0.15) is 44.9 Å². The van der Waals surface area contributed by atoms with Crippen molar-refractivity contribution in [2.24, 2.45) is 11.7 Å². The second-order valence-electron chi connectivity index (χ2n) is 7.10. The number of nitrogens with two attached hydrogens (primary N) is 1. The van der Waals surface area contributed by atoms with E-state index in [1.807, 2.05) is 0 Å². The molecular weight excluding hydrogens is 417 g/mol. The smallest absolute Gasteiger partial charge is 0.368 e. The molecule has 0 aromatic heterocycles. The van der Waals surface area contributed by atoms with Gasteiger partial charge in [0.15, 0.2) is 0 Å². The van der Waals surface area contributed by atoms with E-state index in [1.54, 1.807) is 0 Å². The molecule has 2 rings (SSSR count). The van der Waals surface area contributed by atoms with Gasteiger partial charge in [0.05, 0.1) is 4.90 Å². The highest BCUT2D eigenvalue weighted by atomic mass is 35.5. The van der Waals surface area contributed by atoms with Crippen LogP contribution in [0.2, 0.25) is 5.02 Å². The summed E-state index contributed by atoms with van der Waals surface area (Å²) in [7, 11) is -4.22. The Balaban J connectivity index is 2.38. The molecule has 1 amide bonds. The molecule has 0 heterocycles. The van der Waals surface area contributed by atoms with E-state index < -0.39 is 41.0 Å². The fraction of sp³-hybridized carbons (Fsp3) is 0.611. The molecule has 1 aromatic rings. The molecule has 1 aromatic carbocycles. The van der Waals surface area contributed by atoms with Crippen molar-refractivity contribution in [2.45, 2.75) is 62.1 Å². The van der Waals surface area contributed by atoms with Gasteiger partial charge in [0.2, 0.25) is 15.9 Å². The third-order valence-electron chi connectivity index (χ3n) is 4.96. The van der Waals surface area contributed by atoms with Crippen LogP contribution in [0, 0.1) is 5.92 Å². The predicted molar refractivity (Wildman–Crippen MR) is 100 cm³/mol. The molecule has 28 heavy (non-hydrogen) atoms. The molecule has 0 bridgehead atoms. The highest BCUT2D eigenvalue weighted by Gasteiger charge is 2.39. The summed E-state index contributed by atoms with van der Waals surface area (Å²) in [5, 5.41) is 0.321. The first-order chi connectivity index (χ1) is 13.0. The summed E-state index contributed by atoms with van der Waals surface area (Å²) in [5.41, 5.74) is 5.34. The zero-order chi connectivity index (χ0) is 20.9. The van der Waals surface area contributed by atoms with Crippen LogP contribution in [0.3, 0.4) is 0 Å². The van der Waals surface area contributed by atoms with Crippen molar-refractivity contribution in [3.05, 3.63) is 29.3 Å². The summed E-state index contributed by atoms with van der Waals surface area (Å²) < 4.78 is 65.4. The minimum Gasteiger partial charge on any atom is -0.368 e. The molecule has 1 aliphatic rings. The monoisotopic (exact) mass is 440 g/mol. The van der Waals surface area contributed by atoms with E-state index in [9.17, 15) is 26.4 Å². The molecule has 2 N–H and O–H groups in total. The fourth-order valence-electron chi connectivity index (χ4n) is 3.49. The third-order valence-corrected chi connectivity index (χ3v) is 7.10. The van der Waals surface area contributed by atoms with Gasteiger partial charge in [-0.2, -0.15) is 17.5 Å². The van der Waals surface area contributed by atoms with Crippen molar-refractivity contribution >= 4 is 27.5 Å². The van der Waals surface area contributed by atoms with E-state index in [-0.39, 0.29) is 17.4 Å². The Hall–Kier alpha value is -1.32. The minimum absolute atomic E-state index is 0.0245. The van der Waals surface area contributed by atoms with Crippen LogP contribution in [-0.2, 0) is 14.8 Å². The number of hydrogen-bond donors (Lipinski definition) is 1. The van der Waals surface area contributed by atoms with Crippen LogP contribution >= 0.6 is 11.6 Å². The van der Waals surface area contributed by atoms with E-state index in [0.29, 0.717) is 5.02 Å². The van der Waals surface area contributed by atoms with Gasteiger partial charge in [-0.15, -0.1) is 0 Å². The number of sulfonamides is 1. The Morgan fingerprint density at radius 2 is 1.75 bits per heavy atom. The van der Waals surface area contributed by atoms with Gasteiger partial charge in [-0.1, -0.05) is 30.9 Å². The third kappa shape index (κ3) is 6.35. The lowest BCUT2D eigenvalue weighted by Gasteiger charge is -2.33. The van der Waals surface area contributed by atoms with Gasteiger partial charge in [-0.3, -0.25) is 4.79 Å². The topological polar surface area (TPSA) is 80.5 Å². The van der Waals surface area contributed by atoms with Crippen molar-refractivity contribution in [3.8, 4) is 0 Å². The zero-order valence-electron chi connectivity index (χ0n) is 15.3. The lowest BCUT2D eigenvalue weighted by Crippen LogP contribution is -2.50. The molecule has 0 saturated heterocycles. The number of carbonyl (C=O) groups excluding carboxylic acids is 1. The van der Waals surface area contributed by atoms with Gasteiger partial charge < -0.3 is 5.73 Å². The Kier molecular flexibility index (Phi) is 7.75. The lowest BCUT2D eigenvalue weighted by atomic mass is 9.89. The Morgan fingerprint density at radius 1 is 1.18 bits per heavy atom. The Bertz CT molecular complexity index is 763. The number of nitrogens with zero attached hydrogens (tertiary/aromatic N) is 1. The second-order valence-corrected chi connectivity index (χ2v) is 9.43. The molecule has 5 nitrogen and oxygen atoms in total. The molecule has 0 unspecified atom stereocenters. The van der Waals surface area contributed by atoms with E-state index in [0.717, 1.165) is 36.4 Å². The van der Waals surface area contributed by atoms with Crippen molar-refractivity contribution in [2.75, 3.05) is 6.54 Å². The number of hydrogen-bond acceptors (Lipinski definition) is 3. The molecule has 1 saturated carbocycles. The summed E-state index contributed by atoms with van der Waals surface area (Å²) in [5.74, 6) is -1.11. The van der Waals surface area contributed by atoms with E-state index in [4.69, 9.17) is 17.3 Å². The number of carbonyl (C=O) groups is 1. The average molecular weight is 441 g/mol. The van der Waals surface area contributed by atoms with E-state index in [2.05, 4.69) is 0 Å². The molecule has 10 heteroatoms. The Labute approximate surface area is 168 Å². The largest absolute Gasteiger partial charge is 0.389 e. The summed E-state index contributed by atoms with van der Waals surface area (Å²) in [6.07, 6.45) is -2.13. The fourth-order valence-corrected chi connectivity index (χ4v) is 5.32. The zero-order valence-corrected chi connectivity index (χ0v) is 16.9. The maximum Gasteiger partial charge on any atom is 0.389 e. The first kappa shape index (κ1) is 23.0. The molecule has 158 valence electrons. The SMILES string of the molecule is NC(=O)[C@@H](CCC(F)(F)F)N(CC1CCCCC1)S(=O)(=O)c1ccc(Cl)cc1. The maximum atomic E-state index is 13.2. The first-order valence-corrected chi connectivity index (χ1v) is 11.0. The standard InChI is InChI=1S/C18H24ClF3N2O3S/c19-14-6-8-15(9-7-14)28(26,27)24(12-13-4-2-1-3-5-13)16(17(23)25)10-11-18(20,21)22/h6-9,13,16H,1-5,10-12H2,(H2,23,25)/t16-/m1/s1. The number of rotatable bonds is 8. The highest BCUT2D eigenvalue weighted by Crippen LogP contribution is 2.31. The van der Waals surface area contributed by atoms with Crippen LogP contribution in [0.15, 0.2) is 29.2 Å². The lowest BCUT2D eigenvalue weighted by molar-refractivity contribution is -0.140. The van der Waals surface area contributed by atoms with Crippen LogP contribution in [0.4, 0.5) is 13.2 Å². The molecule has 1 atom stereocenters. The molecular formula is C18H24ClF3N2O3S.